The van der Waals surface area contributed by atoms with Gasteiger partial charge in [0.1, 0.15) is 17.1 Å². The molecule has 0 fully saturated rings. The predicted octanol–water partition coefficient (Wildman–Crippen LogP) is 1.84. The molecule has 0 amide bonds. The summed E-state index contributed by atoms with van der Waals surface area (Å²) in [4.78, 5) is 8.91. The molecule has 2 rings (SSSR count). The van der Waals surface area contributed by atoms with Crippen LogP contribution in [0.5, 0.6) is 5.75 Å². The highest BCUT2D eigenvalue weighted by Gasteiger charge is 2.10. The molecule has 2 aromatic rings. The lowest BCUT2D eigenvalue weighted by molar-refractivity contribution is 0.418. The standard InChI is InChI=1S/C13H17N3O/c1-8(14)7-11-10-5-4-6-12(17-3)13(10)16-9(2)15-11/h4-6,8H,7,14H2,1-3H3. The lowest BCUT2D eigenvalue weighted by atomic mass is 10.1. The van der Waals surface area contributed by atoms with Crippen LogP contribution in [-0.2, 0) is 6.42 Å². The maximum Gasteiger partial charge on any atom is 0.145 e. The first-order valence-electron chi connectivity index (χ1n) is 5.67. The molecular weight excluding hydrogens is 214 g/mol. The van der Waals surface area contributed by atoms with Gasteiger partial charge in [-0.3, -0.25) is 0 Å². The van der Waals surface area contributed by atoms with Crippen molar-refractivity contribution in [2.24, 2.45) is 5.73 Å². The molecule has 1 unspecified atom stereocenters. The first-order chi connectivity index (χ1) is 8.11. The van der Waals surface area contributed by atoms with Gasteiger partial charge in [-0.2, -0.15) is 0 Å². The van der Waals surface area contributed by atoms with Crippen molar-refractivity contribution in [2.45, 2.75) is 26.3 Å². The Kier molecular flexibility index (Phi) is 3.24. The Balaban J connectivity index is 2.67. The summed E-state index contributed by atoms with van der Waals surface area (Å²) >= 11 is 0. The number of para-hydroxylation sites is 1. The summed E-state index contributed by atoms with van der Waals surface area (Å²) in [6.07, 6.45) is 0.743. The SMILES string of the molecule is COc1cccc2c(CC(C)N)nc(C)nc12. The molecule has 90 valence electrons. The van der Waals surface area contributed by atoms with Crippen LogP contribution in [0.15, 0.2) is 18.2 Å². The summed E-state index contributed by atoms with van der Waals surface area (Å²) in [6, 6.07) is 5.95. The number of hydrogen-bond donors (Lipinski definition) is 1. The maximum absolute atomic E-state index is 5.84. The molecule has 0 aliphatic rings. The second-order valence-corrected chi connectivity index (χ2v) is 4.26. The van der Waals surface area contributed by atoms with Gasteiger partial charge in [0.2, 0.25) is 0 Å². The van der Waals surface area contributed by atoms with Gasteiger partial charge in [0.05, 0.1) is 12.8 Å². The fourth-order valence-electron chi connectivity index (χ4n) is 1.94. The van der Waals surface area contributed by atoms with E-state index in [1.54, 1.807) is 7.11 Å². The van der Waals surface area contributed by atoms with Crippen molar-refractivity contribution >= 4 is 10.9 Å². The summed E-state index contributed by atoms with van der Waals surface area (Å²) in [5.74, 6) is 1.52. The van der Waals surface area contributed by atoms with Gasteiger partial charge in [-0.25, -0.2) is 9.97 Å². The van der Waals surface area contributed by atoms with Crippen LogP contribution >= 0.6 is 0 Å². The number of benzene rings is 1. The predicted molar refractivity (Wildman–Crippen MR) is 68.2 cm³/mol. The lowest BCUT2D eigenvalue weighted by Crippen LogP contribution is -2.19. The quantitative estimate of drug-likeness (QED) is 0.875. The smallest absolute Gasteiger partial charge is 0.145 e. The van der Waals surface area contributed by atoms with E-state index >= 15 is 0 Å². The van der Waals surface area contributed by atoms with Gasteiger partial charge < -0.3 is 10.5 Å². The van der Waals surface area contributed by atoms with Gasteiger partial charge in [-0.1, -0.05) is 12.1 Å². The summed E-state index contributed by atoms with van der Waals surface area (Å²) in [5.41, 5.74) is 7.69. The lowest BCUT2D eigenvalue weighted by Gasteiger charge is -2.11. The summed E-state index contributed by atoms with van der Waals surface area (Å²) < 4.78 is 5.32. The van der Waals surface area contributed by atoms with Crippen molar-refractivity contribution in [2.75, 3.05) is 7.11 Å². The molecule has 0 radical (unpaired) electrons. The third-order valence-electron chi connectivity index (χ3n) is 2.62. The summed E-state index contributed by atoms with van der Waals surface area (Å²) in [5, 5.41) is 1.02. The van der Waals surface area contributed by atoms with Crippen LogP contribution in [0, 0.1) is 6.92 Å². The molecule has 17 heavy (non-hydrogen) atoms. The van der Waals surface area contributed by atoms with Crippen molar-refractivity contribution in [1.29, 1.82) is 0 Å². The van der Waals surface area contributed by atoms with E-state index in [9.17, 15) is 0 Å². The Morgan fingerprint density at radius 1 is 1.35 bits per heavy atom. The summed E-state index contributed by atoms with van der Waals surface area (Å²) in [6.45, 7) is 3.86. The molecule has 1 aromatic carbocycles. The number of nitrogens with zero attached hydrogens (tertiary/aromatic N) is 2. The van der Waals surface area contributed by atoms with E-state index in [0.29, 0.717) is 0 Å². The van der Waals surface area contributed by atoms with Crippen LogP contribution < -0.4 is 10.5 Å². The fraction of sp³-hybridized carbons (Fsp3) is 0.385. The van der Waals surface area contributed by atoms with Crippen LogP contribution in [-0.4, -0.2) is 23.1 Å². The molecule has 0 aliphatic carbocycles. The van der Waals surface area contributed by atoms with E-state index in [2.05, 4.69) is 9.97 Å². The van der Waals surface area contributed by atoms with E-state index in [4.69, 9.17) is 10.5 Å². The molecule has 1 atom stereocenters. The zero-order valence-corrected chi connectivity index (χ0v) is 10.4. The van der Waals surface area contributed by atoms with Crippen molar-refractivity contribution in [3.05, 3.63) is 29.7 Å². The minimum atomic E-state index is 0.0821. The highest BCUT2D eigenvalue weighted by Crippen LogP contribution is 2.25. The van der Waals surface area contributed by atoms with Gasteiger partial charge >= 0.3 is 0 Å². The molecule has 0 spiro atoms. The molecule has 1 aromatic heterocycles. The normalized spacial score (nSPS) is 12.7. The minimum absolute atomic E-state index is 0.0821. The second-order valence-electron chi connectivity index (χ2n) is 4.26. The maximum atomic E-state index is 5.84. The van der Waals surface area contributed by atoms with Crippen molar-refractivity contribution in [3.63, 3.8) is 0 Å². The average Bonchev–Trinajstić information content (AvgIpc) is 2.27. The Hall–Kier alpha value is -1.68. The summed E-state index contributed by atoms with van der Waals surface area (Å²) in [7, 11) is 1.65. The first kappa shape index (κ1) is 11.8. The van der Waals surface area contributed by atoms with E-state index in [0.717, 1.165) is 34.6 Å². The van der Waals surface area contributed by atoms with E-state index < -0.39 is 0 Å². The molecule has 0 saturated carbocycles. The van der Waals surface area contributed by atoms with E-state index in [1.807, 2.05) is 32.0 Å². The minimum Gasteiger partial charge on any atom is -0.494 e. The van der Waals surface area contributed by atoms with Crippen LogP contribution in [0.3, 0.4) is 0 Å². The molecule has 2 N–H and O–H groups in total. The van der Waals surface area contributed by atoms with Crippen molar-refractivity contribution < 1.29 is 4.74 Å². The highest BCUT2D eigenvalue weighted by atomic mass is 16.5. The molecule has 1 heterocycles. The zero-order valence-electron chi connectivity index (χ0n) is 10.4. The molecule has 4 heteroatoms. The van der Waals surface area contributed by atoms with Gasteiger partial charge in [0, 0.05) is 17.8 Å². The van der Waals surface area contributed by atoms with Crippen LogP contribution in [0.2, 0.25) is 0 Å². The molecular formula is C13H17N3O. The van der Waals surface area contributed by atoms with E-state index in [1.165, 1.54) is 0 Å². The monoisotopic (exact) mass is 231 g/mol. The van der Waals surface area contributed by atoms with Gasteiger partial charge in [0.25, 0.3) is 0 Å². The molecule has 0 bridgehead atoms. The number of aryl methyl sites for hydroxylation is 1. The molecule has 4 nitrogen and oxygen atoms in total. The number of rotatable bonds is 3. The van der Waals surface area contributed by atoms with Crippen molar-refractivity contribution in [3.8, 4) is 5.75 Å². The topological polar surface area (TPSA) is 61.0 Å². The largest absolute Gasteiger partial charge is 0.494 e. The van der Waals surface area contributed by atoms with Gasteiger partial charge in [-0.05, 0) is 19.9 Å². The number of nitrogens with two attached hydrogens (primary N) is 1. The Morgan fingerprint density at radius 3 is 2.76 bits per heavy atom. The second kappa shape index (κ2) is 4.67. The molecule has 0 aliphatic heterocycles. The third kappa shape index (κ3) is 2.36. The van der Waals surface area contributed by atoms with Gasteiger partial charge in [0.15, 0.2) is 0 Å². The van der Waals surface area contributed by atoms with Crippen LogP contribution in [0.25, 0.3) is 10.9 Å². The number of methoxy groups -OCH3 is 1. The van der Waals surface area contributed by atoms with Crippen LogP contribution in [0.4, 0.5) is 0 Å². The third-order valence-corrected chi connectivity index (χ3v) is 2.62. The number of ether oxygens (including phenoxy) is 1. The first-order valence-corrected chi connectivity index (χ1v) is 5.67. The fourth-order valence-corrected chi connectivity index (χ4v) is 1.94. The van der Waals surface area contributed by atoms with Crippen LogP contribution in [0.1, 0.15) is 18.4 Å². The number of hydrogen-bond acceptors (Lipinski definition) is 4. The number of fused-ring (bicyclic) bond motifs is 1. The Bertz CT molecular complexity index is 537. The Labute approximate surface area is 101 Å². The van der Waals surface area contributed by atoms with Gasteiger partial charge in [-0.15, -0.1) is 0 Å². The number of aromatic nitrogens is 2. The highest BCUT2D eigenvalue weighted by molar-refractivity contribution is 5.86. The Morgan fingerprint density at radius 2 is 2.12 bits per heavy atom. The van der Waals surface area contributed by atoms with Crippen molar-refractivity contribution in [1.82, 2.24) is 9.97 Å². The van der Waals surface area contributed by atoms with E-state index in [-0.39, 0.29) is 6.04 Å². The molecule has 0 saturated heterocycles. The average molecular weight is 231 g/mol. The zero-order chi connectivity index (χ0) is 12.4.